The number of rotatable bonds is 5. The lowest BCUT2D eigenvalue weighted by atomic mass is 10.1. The molecule has 0 fully saturated rings. The zero-order valence-electron chi connectivity index (χ0n) is 12.7. The number of aromatic nitrogens is 4. The average molecular weight is 319 g/mol. The van der Waals surface area contributed by atoms with Crippen LogP contribution in [-0.2, 0) is 18.5 Å². The summed E-state index contributed by atoms with van der Waals surface area (Å²) < 4.78 is 2.40. The molecule has 2 rings (SSSR count). The van der Waals surface area contributed by atoms with E-state index in [1.54, 1.807) is 19.2 Å². The van der Waals surface area contributed by atoms with Gasteiger partial charge in [0.2, 0.25) is 0 Å². The lowest BCUT2D eigenvalue weighted by Gasteiger charge is -2.10. The molecule has 0 radical (unpaired) electrons. The average Bonchev–Trinajstić information content (AvgIpc) is 2.86. The van der Waals surface area contributed by atoms with Crippen LogP contribution in [0.2, 0.25) is 0 Å². The quantitative estimate of drug-likeness (QED) is 0.477. The summed E-state index contributed by atoms with van der Waals surface area (Å²) in [6, 6.07) is 5.50. The highest BCUT2D eigenvalue weighted by atomic mass is 32.2. The minimum absolute atomic E-state index is 0.207. The summed E-state index contributed by atoms with van der Waals surface area (Å²) >= 11 is 1.50. The maximum atomic E-state index is 12.1. The van der Waals surface area contributed by atoms with Crippen LogP contribution in [0.5, 0.6) is 0 Å². The van der Waals surface area contributed by atoms with Gasteiger partial charge in [0.25, 0.3) is 0 Å². The number of hydrogen-bond acceptors (Lipinski definition) is 6. The van der Waals surface area contributed by atoms with Crippen molar-refractivity contribution < 1.29 is 4.84 Å². The topological polar surface area (TPSA) is 74.3 Å². The Bertz CT molecular complexity index is 763. The summed E-state index contributed by atoms with van der Waals surface area (Å²) in [4.78, 5) is 17.4. The Hall–Kier alpha value is -2.35. The van der Waals surface area contributed by atoms with Crippen molar-refractivity contribution in [3.8, 4) is 5.69 Å². The Balaban J connectivity index is 2.44. The second-order valence-corrected chi connectivity index (χ2v) is 5.43. The van der Waals surface area contributed by atoms with Gasteiger partial charge in [-0.3, -0.25) is 0 Å². The monoisotopic (exact) mass is 319 g/mol. The number of hydrogen-bond donors (Lipinski definition) is 0. The molecule has 1 heterocycles. The van der Waals surface area contributed by atoms with Gasteiger partial charge < -0.3 is 4.84 Å². The van der Waals surface area contributed by atoms with E-state index in [2.05, 4.69) is 22.2 Å². The molecule has 0 amide bonds. The molecule has 0 bridgehead atoms. The van der Waals surface area contributed by atoms with E-state index in [-0.39, 0.29) is 12.3 Å². The van der Waals surface area contributed by atoms with E-state index >= 15 is 0 Å². The standard InChI is InChI=1S/C14H17N5O2S/c1-5-11-7-6-8-13(19-14(20)18(3)16-17-19)12(11)9-21-15-10(2)22-4/h5-8H,1,9H2,2-4H3. The van der Waals surface area contributed by atoms with Gasteiger partial charge in [0.05, 0.1) is 5.69 Å². The molecular weight excluding hydrogens is 302 g/mol. The highest BCUT2D eigenvalue weighted by Crippen LogP contribution is 2.20. The van der Waals surface area contributed by atoms with Gasteiger partial charge in [-0.25, -0.2) is 4.79 Å². The highest BCUT2D eigenvalue weighted by Gasteiger charge is 2.13. The van der Waals surface area contributed by atoms with Crippen molar-refractivity contribution in [1.82, 2.24) is 19.8 Å². The van der Waals surface area contributed by atoms with E-state index in [9.17, 15) is 4.79 Å². The van der Waals surface area contributed by atoms with E-state index in [0.29, 0.717) is 5.69 Å². The first kappa shape index (κ1) is 16.0. The largest absolute Gasteiger partial charge is 0.390 e. The lowest BCUT2D eigenvalue weighted by molar-refractivity contribution is 0.131. The SMILES string of the molecule is C=Cc1cccc(-n2nnn(C)c2=O)c1CON=C(C)SC. The molecule has 1 aromatic carbocycles. The van der Waals surface area contributed by atoms with Gasteiger partial charge >= 0.3 is 5.69 Å². The Kier molecular flexibility index (Phi) is 5.16. The Morgan fingerprint density at radius 2 is 2.27 bits per heavy atom. The zero-order valence-corrected chi connectivity index (χ0v) is 13.5. The number of tetrazole rings is 1. The number of thioether (sulfide) groups is 1. The predicted molar refractivity (Wildman–Crippen MR) is 88.1 cm³/mol. The third kappa shape index (κ3) is 3.28. The minimum Gasteiger partial charge on any atom is -0.390 e. The number of oxime groups is 1. The molecule has 0 spiro atoms. The fourth-order valence-corrected chi connectivity index (χ4v) is 1.96. The van der Waals surface area contributed by atoms with E-state index in [1.807, 2.05) is 25.3 Å². The maximum Gasteiger partial charge on any atom is 0.368 e. The van der Waals surface area contributed by atoms with E-state index in [1.165, 1.54) is 21.1 Å². The Labute approximate surface area is 132 Å². The molecule has 0 saturated heterocycles. The first-order chi connectivity index (χ1) is 10.6. The molecule has 0 N–H and O–H groups in total. The van der Waals surface area contributed by atoms with Crippen LogP contribution in [0.4, 0.5) is 0 Å². The van der Waals surface area contributed by atoms with Crippen LogP contribution in [0.25, 0.3) is 11.8 Å². The number of benzene rings is 1. The summed E-state index contributed by atoms with van der Waals surface area (Å²) in [5.41, 5.74) is 1.91. The van der Waals surface area contributed by atoms with Crippen LogP contribution in [-0.4, -0.2) is 31.1 Å². The molecule has 1 aromatic heterocycles. The summed E-state index contributed by atoms with van der Waals surface area (Å²) in [6.07, 6.45) is 3.62. The Morgan fingerprint density at radius 3 is 2.86 bits per heavy atom. The molecular formula is C14H17N5O2S. The van der Waals surface area contributed by atoms with Gasteiger partial charge in [-0.1, -0.05) is 29.9 Å². The molecule has 0 aliphatic heterocycles. The first-order valence-corrected chi connectivity index (χ1v) is 7.75. The fourth-order valence-electron chi connectivity index (χ4n) is 1.83. The molecule has 0 unspecified atom stereocenters. The van der Waals surface area contributed by atoms with Crippen molar-refractivity contribution in [1.29, 1.82) is 0 Å². The van der Waals surface area contributed by atoms with Crippen LogP contribution in [0.15, 0.2) is 34.7 Å². The zero-order chi connectivity index (χ0) is 16.1. The molecule has 0 saturated carbocycles. The van der Waals surface area contributed by atoms with Crippen molar-refractivity contribution in [3.63, 3.8) is 0 Å². The van der Waals surface area contributed by atoms with Crippen LogP contribution in [0.1, 0.15) is 18.1 Å². The minimum atomic E-state index is -0.328. The van der Waals surface area contributed by atoms with Gasteiger partial charge in [-0.2, -0.15) is 9.36 Å². The highest BCUT2D eigenvalue weighted by molar-refractivity contribution is 8.13. The van der Waals surface area contributed by atoms with Crippen LogP contribution in [0.3, 0.4) is 0 Å². The lowest BCUT2D eigenvalue weighted by Crippen LogP contribution is -2.23. The number of nitrogens with zero attached hydrogens (tertiary/aromatic N) is 5. The molecule has 7 nitrogen and oxygen atoms in total. The van der Waals surface area contributed by atoms with Crippen molar-refractivity contribution in [2.24, 2.45) is 12.2 Å². The normalized spacial score (nSPS) is 11.5. The maximum absolute atomic E-state index is 12.1. The van der Waals surface area contributed by atoms with E-state index in [0.717, 1.165) is 16.2 Å². The van der Waals surface area contributed by atoms with E-state index in [4.69, 9.17) is 4.84 Å². The van der Waals surface area contributed by atoms with Gasteiger partial charge in [-0.15, -0.1) is 11.8 Å². The first-order valence-electron chi connectivity index (χ1n) is 6.52. The van der Waals surface area contributed by atoms with Crippen molar-refractivity contribution in [2.45, 2.75) is 13.5 Å². The van der Waals surface area contributed by atoms with Crippen LogP contribution >= 0.6 is 11.8 Å². The fraction of sp³-hybridized carbons (Fsp3) is 0.286. The number of aryl methyl sites for hydroxylation is 1. The van der Waals surface area contributed by atoms with Crippen molar-refractivity contribution in [2.75, 3.05) is 6.26 Å². The molecule has 116 valence electrons. The predicted octanol–water partition coefficient (Wildman–Crippen LogP) is 1.82. The Morgan fingerprint density at radius 1 is 1.50 bits per heavy atom. The third-order valence-corrected chi connectivity index (χ3v) is 3.72. The van der Waals surface area contributed by atoms with Gasteiger partial charge in [0, 0.05) is 12.6 Å². The smallest absolute Gasteiger partial charge is 0.368 e. The summed E-state index contributed by atoms with van der Waals surface area (Å²) in [5, 5.41) is 12.4. The molecule has 2 aromatic rings. The van der Waals surface area contributed by atoms with Crippen LogP contribution < -0.4 is 5.69 Å². The third-order valence-electron chi connectivity index (χ3n) is 3.05. The summed E-state index contributed by atoms with van der Waals surface area (Å²) in [7, 11) is 1.55. The van der Waals surface area contributed by atoms with Crippen molar-refractivity contribution >= 4 is 22.9 Å². The van der Waals surface area contributed by atoms with Gasteiger partial charge in [-0.05, 0) is 35.2 Å². The summed E-state index contributed by atoms with van der Waals surface area (Å²) in [5.74, 6) is 0. The van der Waals surface area contributed by atoms with Crippen LogP contribution in [0, 0.1) is 0 Å². The van der Waals surface area contributed by atoms with Gasteiger partial charge in [0.1, 0.15) is 11.7 Å². The summed E-state index contributed by atoms with van der Waals surface area (Å²) in [6.45, 7) is 5.86. The molecule has 8 heteroatoms. The van der Waals surface area contributed by atoms with E-state index < -0.39 is 0 Å². The molecule has 0 aliphatic rings. The second-order valence-electron chi connectivity index (χ2n) is 4.43. The molecule has 0 atom stereocenters. The van der Waals surface area contributed by atoms with Crippen molar-refractivity contribution in [3.05, 3.63) is 46.4 Å². The molecule has 0 aliphatic carbocycles. The molecule has 22 heavy (non-hydrogen) atoms. The van der Waals surface area contributed by atoms with Gasteiger partial charge in [0.15, 0.2) is 0 Å². The second kappa shape index (κ2) is 7.08.